The fourth-order valence-corrected chi connectivity index (χ4v) is 6.29. The highest BCUT2D eigenvalue weighted by Gasteiger charge is 2.24. The van der Waals surface area contributed by atoms with E-state index in [2.05, 4.69) is 44.7 Å². The Morgan fingerprint density at radius 3 is 2.15 bits per heavy atom. The summed E-state index contributed by atoms with van der Waals surface area (Å²) in [5.41, 5.74) is 10.6. The molecule has 0 unspecified atom stereocenters. The summed E-state index contributed by atoms with van der Waals surface area (Å²) in [6, 6.07) is 26.3. The van der Waals surface area contributed by atoms with Crippen molar-refractivity contribution >= 4 is 23.5 Å². The maximum atomic E-state index is 12.7. The number of ketones is 1. The maximum absolute atomic E-state index is 12.7. The van der Waals surface area contributed by atoms with Gasteiger partial charge in [0.1, 0.15) is 11.9 Å². The SMILES string of the molecule is NC(=O)C1CCN(Cc2ccc(CCC(=O)CNCCN3CCC(OC(=O)Nc4ccccc4-c4ccccc4)CC3)cc2)CC1. The Morgan fingerprint density at radius 2 is 1.43 bits per heavy atom. The summed E-state index contributed by atoms with van der Waals surface area (Å²) in [6.45, 7) is 6.37. The largest absolute Gasteiger partial charge is 0.446 e. The number of benzene rings is 3. The first-order chi connectivity index (χ1) is 22.4. The Morgan fingerprint density at radius 1 is 0.783 bits per heavy atom. The number of hydrogen-bond acceptors (Lipinski definition) is 7. The van der Waals surface area contributed by atoms with Gasteiger partial charge in [-0.25, -0.2) is 4.79 Å². The van der Waals surface area contributed by atoms with Crippen LogP contribution in [-0.2, 0) is 27.3 Å². The van der Waals surface area contributed by atoms with E-state index in [0.29, 0.717) is 13.0 Å². The van der Waals surface area contributed by atoms with Crippen LogP contribution in [0.5, 0.6) is 0 Å². The lowest BCUT2D eigenvalue weighted by Crippen LogP contribution is -2.42. The molecule has 2 fully saturated rings. The monoisotopic (exact) mass is 625 g/mol. The third-order valence-electron chi connectivity index (χ3n) is 9.10. The van der Waals surface area contributed by atoms with Crippen LogP contribution in [-0.4, -0.2) is 79.5 Å². The number of anilines is 1. The minimum absolute atomic E-state index is 0.0141. The molecule has 9 nitrogen and oxygen atoms in total. The van der Waals surface area contributed by atoms with Gasteiger partial charge < -0.3 is 20.7 Å². The number of para-hydroxylation sites is 1. The molecule has 0 saturated carbocycles. The number of ether oxygens (including phenoxy) is 1. The van der Waals surface area contributed by atoms with Crippen molar-refractivity contribution in [2.75, 3.05) is 51.1 Å². The number of carbonyl (C=O) groups excluding carboxylic acids is 3. The van der Waals surface area contributed by atoms with E-state index in [9.17, 15) is 14.4 Å². The third kappa shape index (κ3) is 10.2. The van der Waals surface area contributed by atoms with Gasteiger partial charge in [0.2, 0.25) is 5.91 Å². The number of carbonyl (C=O) groups is 3. The van der Waals surface area contributed by atoms with Crippen molar-refractivity contribution in [2.24, 2.45) is 11.7 Å². The molecule has 46 heavy (non-hydrogen) atoms. The second kappa shape index (κ2) is 17.0. The average molecular weight is 626 g/mol. The number of likely N-dealkylation sites (tertiary alicyclic amines) is 2. The summed E-state index contributed by atoms with van der Waals surface area (Å²) in [5.74, 6) is 0.0508. The maximum Gasteiger partial charge on any atom is 0.411 e. The first kappa shape index (κ1) is 33.3. The van der Waals surface area contributed by atoms with Gasteiger partial charge in [0.05, 0.1) is 12.2 Å². The van der Waals surface area contributed by atoms with Crippen LogP contribution in [0.2, 0.25) is 0 Å². The smallest absolute Gasteiger partial charge is 0.411 e. The molecule has 5 rings (SSSR count). The summed E-state index contributed by atoms with van der Waals surface area (Å²) in [7, 11) is 0. The number of nitrogens with one attached hydrogen (secondary N) is 2. The lowest BCUT2D eigenvalue weighted by atomic mass is 9.96. The standard InChI is InChI=1S/C37H47N5O4/c38-36(44)31-16-21-42(22-17-31)27-29-12-10-28(11-13-29)14-15-32(43)26-39-20-25-41-23-18-33(19-24-41)46-37(45)40-35-9-5-4-8-34(35)30-6-2-1-3-7-30/h1-13,31,33,39H,14-27H2,(H2,38,44)(H,40,45). The Balaban J connectivity index is 0.919. The number of amides is 2. The molecule has 2 amide bonds. The van der Waals surface area contributed by atoms with E-state index in [0.717, 1.165) is 94.7 Å². The Labute approximate surface area is 272 Å². The number of rotatable bonds is 14. The Bertz CT molecular complexity index is 1420. The number of piperidine rings is 2. The number of nitrogens with zero attached hydrogens (tertiary/aromatic N) is 2. The van der Waals surface area contributed by atoms with Gasteiger partial charge in [-0.15, -0.1) is 0 Å². The van der Waals surface area contributed by atoms with Gasteiger partial charge in [-0.2, -0.15) is 0 Å². The molecule has 2 aliphatic rings. The molecule has 3 aromatic carbocycles. The van der Waals surface area contributed by atoms with E-state index >= 15 is 0 Å². The van der Waals surface area contributed by atoms with Crippen LogP contribution in [0.4, 0.5) is 10.5 Å². The molecule has 0 bridgehead atoms. The predicted octanol–water partition coefficient (Wildman–Crippen LogP) is 4.86. The minimum atomic E-state index is -0.420. The highest BCUT2D eigenvalue weighted by Crippen LogP contribution is 2.28. The zero-order valence-electron chi connectivity index (χ0n) is 26.7. The lowest BCUT2D eigenvalue weighted by molar-refractivity contribution is -0.123. The molecule has 0 spiro atoms. The summed E-state index contributed by atoms with van der Waals surface area (Å²) < 4.78 is 5.75. The number of aryl methyl sites for hydroxylation is 1. The third-order valence-corrected chi connectivity index (χ3v) is 9.10. The van der Waals surface area contributed by atoms with Gasteiger partial charge in [-0.1, -0.05) is 72.8 Å². The summed E-state index contributed by atoms with van der Waals surface area (Å²) >= 11 is 0. The average Bonchev–Trinajstić information content (AvgIpc) is 3.08. The van der Waals surface area contributed by atoms with Crippen molar-refractivity contribution in [3.8, 4) is 11.1 Å². The first-order valence-electron chi connectivity index (χ1n) is 16.6. The van der Waals surface area contributed by atoms with Gasteiger partial charge in [0.15, 0.2) is 0 Å². The molecule has 4 N–H and O–H groups in total. The highest BCUT2D eigenvalue weighted by atomic mass is 16.6. The first-order valence-corrected chi connectivity index (χ1v) is 16.6. The van der Waals surface area contributed by atoms with Crippen LogP contribution < -0.4 is 16.4 Å². The summed E-state index contributed by atoms with van der Waals surface area (Å²) in [4.78, 5) is 41.3. The second-order valence-corrected chi connectivity index (χ2v) is 12.5. The predicted molar refractivity (Wildman–Crippen MR) is 181 cm³/mol. The van der Waals surface area contributed by atoms with E-state index < -0.39 is 6.09 Å². The van der Waals surface area contributed by atoms with Crippen LogP contribution in [0.15, 0.2) is 78.9 Å². The van der Waals surface area contributed by atoms with E-state index in [1.165, 1.54) is 11.1 Å². The van der Waals surface area contributed by atoms with Crippen molar-refractivity contribution in [3.63, 3.8) is 0 Å². The van der Waals surface area contributed by atoms with E-state index in [-0.39, 0.29) is 23.7 Å². The Kier molecular flexibility index (Phi) is 12.3. The molecule has 244 valence electrons. The molecule has 0 aliphatic carbocycles. The van der Waals surface area contributed by atoms with Gasteiger partial charge in [-0.05, 0) is 68.0 Å². The van der Waals surface area contributed by atoms with E-state index in [4.69, 9.17) is 10.5 Å². The molecule has 2 heterocycles. The van der Waals surface area contributed by atoms with Gasteiger partial charge in [-0.3, -0.25) is 19.8 Å². The normalized spacial score (nSPS) is 16.6. The molecule has 0 aromatic heterocycles. The van der Waals surface area contributed by atoms with Crippen LogP contribution in [0.1, 0.15) is 43.2 Å². The molecular weight excluding hydrogens is 578 g/mol. The van der Waals surface area contributed by atoms with Crippen molar-refractivity contribution < 1.29 is 19.1 Å². The molecule has 0 atom stereocenters. The van der Waals surface area contributed by atoms with Crippen molar-refractivity contribution in [1.82, 2.24) is 15.1 Å². The van der Waals surface area contributed by atoms with Gasteiger partial charge in [0, 0.05) is 50.6 Å². The van der Waals surface area contributed by atoms with Gasteiger partial charge >= 0.3 is 6.09 Å². The number of hydrogen-bond donors (Lipinski definition) is 3. The molecule has 2 aliphatic heterocycles. The molecule has 2 saturated heterocycles. The quantitative estimate of drug-likeness (QED) is 0.219. The van der Waals surface area contributed by atoms with Crippen LogP contribution in [0.25, 0.3) is 11.1 Å². The zero-order valence-corrected chi connectivity index (χ0v) is 26.7. The zero-order chi connectivity index (χ0) is 32.1. The molecule has 9 heteroatoms. The molecule has 3 aromatic rings. The lowest BCUT2D eigenvalue weighted by Gasteiger charge is -2.31. The summed E-state index contributed by atoms with van der Waals surface area (Å²) in [5, 5.41) is 6.23. The van der Waals surface area contributed by atoms with E-state index in [1.807, 2.05) is 54.6 Å². The second-order valence-electron chi connectivity index (χ2n) is 12.5. The van der Waals surface area contributed by atoms with Crippen LogP contribution in [0.3, 0.4) is 0 Å². The van der Waals surface area contributed by atoms with Crippen molar-refractivity contribution in [3.05, 3.63) is 90.0 Å². The Hall–Kier alpha value is -4.05. The minimum Gasteiger partial charge on any atom is -0.446 e. The van der Waals surface area contributed by atoms with Gasteiger partial charge in [0.25, 0.3) is 0 Å². The van der Waals surface area contributed by atoms with Crippen molar-refractivity contribution in [2.45, 2.75) is 51.2 Å². The molecular formula is C37H47N5O4. The van der Waals surface area contributed by atoms with E-state index in [1.54, 1.807) is 0 Å². The van der Waals surface area contributed by atoms with Crippen molar-refractivity contribution in [1.29, 1.82) is 0 Å². The van der Waals surface area contributed by atoms with Crippen LogP contribution in [0, 0.1) is 5.92 Å². The fourth-order valence-electron chi connectivity index (χ4n) is 6.29. The summed E-state index contributed by atoms with van der Waals surface area (Å²) in [6.07, 6.45) is 3.99. The number of primary amides is 1. The highest BCUT2D eigenvalue weighted by molar-refractivity contribution is 5.91. The molecule has 0 radical (unpaired) electrons. The number of Topliss-reactive ketones (excluding diaryl/α,β-unsaturated/α-hetero) is 1. The fraction of sp³-hybridized carbons (Fsp3) is 0.432. The number of nitrogens with two attached hydrogens (primary N) is 1. The van der Waals surface area contributed by atoms with Crippen LogP contribution >= 0.6 is 0 Å². The topological polar surface area (TPSA) is 117 Å².